The second-order valence-electron chi connectivity index (χ2n) is 2.31. The van der Waals surface area contributed by atoms with Gasteiger partial charge in [-0.15, -0.1) is 0 Å². The third-order valence-corrected chi connectivity index (χ3v) is 1.49. The molecule has 0 atom stereocenters. The summed E-state index contributed by atoms with van der Waals surface area (Å²) >= 11 is 0. The van der Waals surface area contributed by atoms with Crippen molar-refractivity contribution in [2.24, 2.45) is 5.11 Å². The number of nitrogens with one attached hydrogen (secondary N) is 1. The smallest absolute Gasteiger partial charge is 0.154 e. The maximum absolute atomic E-state index is 8.15. The summed E-state index contributed by atoms with van der Waals surface area (Å²) in [7, 11) is 0. The SMILES string of the molecule is [N-]=[N+]=Nc1cc(-c2ccco2)n[nH]1. The molecule has 13 heavy (non-hydrogen) atoms. The maximum atomic E-state index is 8.15. The Bertz CT molecular complexity index is 437. The van der Waals surface area contributed by atoms with Crippen LogP contribution in [0.4, 0.5) is 5.82 Å². The minimum absolute atomic E-state index is 0.369. The van der Waals surface area contributed by atoms with E-state index in [0.29, 0.717) is 17.3 Å². The minimum Gasteiger partial charge on any atom is -0.463 e. The summed E-state index contributed by atoms with van der Waals surface area (Å²) in [5, 5.41) is 9.82. The maximum Gasteiger partial charge on any atom is 0.154 e. The molecule has 0 saturated carbocycles. The van der Waals surface area contributed by atoms with E-state index in [2.05, 4.69) is 20.2 Å². The van der Waals surface area contributed by atoms with Crippen LogP contribution in [0.5, 0.6) is 0 Å². The number of aromatic nitrogens is 2. The summed E-state index contributed by atoms with van der Waals surface area (Å²) in [6.07, 6.45) is 1.55. The van der Waals surface area contributed by atoms with Crippen LogP contribution in [-0.2, 0) is 0 Å². The number of aromatic amines is 1. The van der Waals surface area contributed by atoms with Crippen molar-refractivity contribution in [2.45, 2.75) is 0 Å². The standard InChI is InChI=1S/C7H5N5O/c8-12-11-7-4-5(9-10-7)6-2-1-3-13-6/h1-4H,(H,9,10). The van der Waals surface area contributed by atoms with E-state index in [9.17, 15) is 0 Å². The van der Waals surface area contributed by atoms with Crippen molar-refractivity contribution in [1.29, 1.82) is 0 Å². The lowest BCUT2D eigenvalue weighted by atomic mass is 10.3. The minimum atomic E-state index is 0.369. The van der Waals surface area contributed by atoms with E-state index in [-0.39, 0.29) is 0 Å². The van der Waals surface area contributed by atoms with E-state index in [0.717, 1.165) is 0 Å². The Balaban J connectivity index is 2.38. The number of hydrogen-bond acceptors (Lipinski definition) is 3. The summed E-state index contributed by atoms with van der Waals surface area (Å²) in [5.74, 6) is 1.00. The Kier molecular flexibility index (Phi) is 1.74. The molecule has 0 bridgehead atoms. The normalized spacial score (nSPS) is 9.54. The first-order chi connectivity index (χ1) is 6.40. The molecule has 0 aliphatic carbocycles. The number of azide groups is 1. The third-order valence-electron chi connectivity index (χ3n) is 1.49. The predicted octanol–water partition coefficient (Wildman–Crippen LogP) is 2.61. The monoisotopic (exact) mass is 175 g/mol. The van der Waals surface area contributed by atoms with Gasteiger partial charge in [-0.2, -0.15) is 5.10 Å². The Labute approximate surface area is 72.8 Å². The van der Waals surface area contributed by atoms with Gasteiger partial charge in [0.25, 0.3) is 0 Å². The molecular weight excluding hydrogens is 170 g/mol. The molecule has 0 aliphatic heterocycles. The fraction of sp³-hybridized carbons (Fsp3) is 0. The molecule has 0 saturated heterocycles. The van der Waals surface area contributed by atoms with Crippen molar-refractivity contribution in [3.05, 3.63) is 34.9 Å². The zero-order chi connectivity index (χ0) is 9.10. The van der Waals surface area contributed by atoms with Crippen molar-refractivity contribution in [3.63, 3.8) is 0 Å². The van der Waals surface area contributed by atoms with Crippen LogP contribution in [-0.4, -0.2) is 10.2 Å². The van der Waals surface area contributed by atoms with Gasteiger partial charge in [-0.1, -0.05) is 0 Å². The second-order valence-corrected chi connectivity index (χ2v) is 2.31. The van der Waals surface area contributed by atoms with E-state index in [1.807, 2.05) is 0 Å². The van der Waals surface area contributed by atoms with Crippen molar-refractivity contribution in [2.75, 3.05) is 0 Å². The molecule has 0 amide bonds. The van der Waals surface area contributed by atoms with Crippen LogP contribution in [0.3, 0.4) is 0 Å². The lowest BCUT2D eigenvalue weighted by Gasteiger charge is -1.83. The van der Waals surface area contributed by atoms with Gasteiger partial charge in [0.1, 0.15) is 11.5 Å². The van der Waals surface area contributed by atoms with Crippen molar-refractivity contribution >= 4 is 5.82 Å². The molecule has 0 spiro atoms. The van der Waals surface area contributed by atoms with Crippen LogP contribution >= 0.6 is 0 Å². The van der Waals surface area contributed by atoms with E-state index in [1.54, 1.807) is 24.5 Å². The molecule has 2 heterocycles. The molecule has 0 aromatic carbocycles. The van der Waals surface area contributed by atoms with Gasteiger partial charge in [0.05, 0.1) is 6.26 Å². The fourth-order valence-electron chi connectivity index (χ4n) is 0.961. The molecule has 2 aromatic rings. The van der Waals surface area contributed by atoms with Crippen LogP contribution < -0.4 is 0 Å². The van der Waals surface area contributed by atoms with E-state index >= 15 is 0 Å². The molecule has 0 aliphatic rings. The first-order valence-electron chi connectivity index (χ1n) is 3.54. The molecule has 64 valence electrons. The van der Waals surface area contributed by atoms with Gasteiger partial charge in [0.2, 0.25) is 0 Å². The zero-order valence-corrected chi connectivity index (χ0v) is 6.51. The average molecular weight is 175 g/mol. The summed E-state index contributed by atoms with van der Waals surface area (Å²) in [6, 6.07) is 5.14. The fourth-order valence-corrected chi connectivity index (χ4v) is 0.961. The highest BCUT2D eigenvalue weighted by molar-refractivity contribution is 5.55. The van der Waals surface area contributed by atoms with Crippen LogP contribution in [0.25, 0.3) is 21.9 Å². The highest BCUT2D eigenvalue weighted by atomic mass is 16.3. The number of hydrogen-bond donors (Lipinski definition) is 1. The predicted molar refractivity (Wildman–Crippen MR) is 45.1 cm³/mol. The third kappa shape index (κ3) is 1.38. The molecule has 0 radical (unpaired) electrons. The topological polar surface area (TPSA) is 90.6 Å². The second kappa shape index (κ2) is 3.04. The van der Waals surface area contributed by atoms with Gasteiger partial charge in [-0.05, 0) is 28.8 Å². The molecule has 2 aromatic heterocycles. The van der Waals surface area contributed by atoms with Crippen LogP contribution in [0.2, 0.25) is 0 Å². The van der Waals surface area contributed by atoms with Gasteiger partial charge in [0, 0.05) is 4.91 Å². The van der Waals surface area contributed by atoms with E-state index in [1.165, 1.54) is 0 Å². The first kappa shape index (κ1) is 7.45. The van der Waals surface area contributed by atoms with E-state index in [4.69, 9.17) is 9.95 Å². The Morgan fingerprint density at radius 2 is 2.54 bits per heavy atom. The van der Waals surface area contributed by atoms with Crippen molar-refractivity contribution in [1.82, 2.24) is 10.2 Å². The lowest BCUT2D eigenvalue weighted by Crippen LogP contribution is -1.71. The Morgan fingerprint density at radius 3 is 3.23 bits per heavy atom. The Hall–Kier alpha value is -2.20. The number of nitrogens with zero attached hydrogens (tertiary/aromatic N) is 4. The van der Waals surface area contributed by atoms with E-state index < -0.39 is 0 Å². The Morgan fingerprint density at radius 1 is 1.62 bits per heavy atom. The first-order valence-corrected chi connectivity index (χ1v) is 3.54. The van der Waals surface area contributed by atoms with Gasteiger partial charge in [-0.3, -0.25) is 5.10 Å². The largest absolute Gasteiger partial charge is 0.463 e. The molecule has 1 N–H and O–H groups in total. The van der Waals surface area contributed by atoms with Crippen LogP contribution in [0.15, 0.2) is 34.0 Å². The highest BCUT2D eigenvalue weighted by Gasteiger charge is 2.04. The average Bonchev–Trinajstić information content (AvgIpc) is 2.70. The zero-order valence-electron chi connectivity index (χ0n) is 6.51. The van der Waals surface area contributed by atoms with Crippen molar-refractivity contribution < 1.29 is 4.42 Å². The van der Waals surface area contributed by atoms with Gasteiger partial charge in [-0.25, -0.2) is 0 Å². The highest BCUT2D eigenvalue weighted by Crippen LogP contribution is 2.20. The van der Waals surface area contributed by atoms with Gasteiger partial charge in [0.15, 0.2) is 5.76 Å². The summed E-state index contributed by atoms with van der Waals surface area (Å²) in [5.41, 5.74) is 8.76. The number of H-pyrrole nitrogens is 1. The number of furan rings is 1. The van der Waals surface area contributed by atoms with Crippen LogP contribution in [0, 0.1) is 0 Å². The van der Waals surface area contributed by atoms with Crippen LogP contribution in [0.1, 0.15) is 0 Å². The molecule has 0 unspecified atom stereocenters. The summed E-state index contributed by atoms with van der Waals surface area (Å²) < 4.78 is 5.09. The molecule has 2 rings (SSSR count). The molecule has 0 fully saturated rings. The van der Waals surface area contributed by atoms with Crippen molar-refractivity contribution in [3.8, 4) is 11.5 Å². The van der Waals surface area contributed by atoms with Gasteiger partial charge >= 0.3 is 0 Å². The number of rotatable bonds is 2. The van der Waals surface area contributed by atoms with Gasteiger partial charge < -0.3 is 4.42 Å². The quantitative estimate of drug-likeness (QED) is 0.431. The summed E-state index contributed by atoms with van der Waals surface area (Å²) in [6.45, 7) is 0. The molecular formula is C7H5N5O. The molecule has 6 heteroatoms. The molecule has 6 nitrogen and oxygen atoms in total. The lowest BCUT2D eigenvalue weighted by molar-refractivity contribution is 0.580. The summed E-state index contributed by atoms with van der Waals surface area (Å²) in [4.78, 5) is 2.62.